The van der Waals surface area contributed by atoms with Crippen LogP contribution in [0, 0.1) is 0 Å². The molecule has 5 heteroatoms. The van der Waals surface area contributed by atoms with Crippen molar-refractivity contribution >= 4 is 72.7 Å². The quantitative estimate of drug-likeness (QED) is 0.177. The molecule has 0 N–H and O–H groups in total. The highest BCUT2D eigenvalue weighted by atomic mass is 16.5. The van der Waals surface area contributed by atoms with Gasteiger partial charge in [-0.3, -0.25) is 0 Å². The molecule has 8 aromatic carbocycles. The lowest BCUT2D eigenvalue weighted by atomic mass is 9.35. The maximum atomic E-state index is 6.99. The van der Waals surface area contributed by atoms with Crippen LogP contribution in [0.5, 0.6) is 23.0 Å². The van der Waals surface area contributed by atoms with E-state index in [1.54, 1.807) is 0 Å². The molecule has 0 unspecified atom stereocenters. The third-order valence-corrected chi connectivity index (χ3v) is 10.5. The second kappa shape index (κ2) is 10.9. The Morgan fingerprint density at radius 2 is 1.08 bits per heavy atom. The zero-order chi connectivity index (χ0) is 33.5. The van der Waals surface area contributed by atoms with E-state index in [2.05, 4.69) is 179 Å². The van der Waals surface area contributed by atoms with Crippen LogP contribution in [0.3, 0.4) is 0 Å². The fraction of sp³-hybridized carbons (Fsp3) is 0. The molecule has 2 aliphatic rings. The van der Waals surface area contributed by atoms with E-state index >= 15 is 0 Å². The highest BCUT2D eigenvalue weighted by Crippen LogP contribution is 2.46. The van der Waals surface area contributed by atoms with E-state index in [1.807, 2.05) is 6.07 Å². The summed E-state index contributed by atoms with van der Waals surface area (Å²) in [5, 5.41) is 4.64. The van der Waals surface area contributed by atoms with Crippen molar-refractivity contribution in [1.29, 1.82) is 0 Å². The molecule has 0 amide bonds. The molecule has 3 heterocycles. The van der Waals surface area contributed by atoms with Crippen molar-refractivity contribution in [3.63, 3.8) is 0 Å². The molecule has 2 aliphatic heterocycles. The molecule has 1 aromatic heterocycles. The lowest BCUT2D eigenvalue weighted by molar-refractivity contribution is 0.467. The van der Waals surface area contributed by atoms with Crippen molar-refractivity contribution < 1.29 is 9.47 Å². The molecule has 0 spiro atoms. The number of ether oxygens (including phenoxy) is 2. The van der Waals surface area contributed by atoms with Gasteiger partial charge in [0.25, 0.3) is 6.71 Å². The average Bonchev–Trinajstić information content (AvgIpc) is 3.52. The standard InChI is InChI=1S/C46H29BN2O2/c1-3-15-32(16-4-1)48(34-24-23-30-13-7-8-14-31(30)27-34)35-25-26-36-37-29-43-44-46(45(37)49(40(36)28-35)33-17-5-2-6-18-33)51-42-22-12-10-20-39(42)47(44)38-19-9-11-21-41(38)50-43/h1-29H. The number of nitrogens with zero attached hydrogens (tertiary/aromatic N) is 2. The predicted molar refractivity (Wildman–Crippen MR) is 211 cm³/mol. The van der Waals surface area contributed by atoms with Gasteiger partial charge in [-0.1, -0.05) is 109 Å². The number of hydrogen-bond acceptors (Lipinski definition) is 3. The number of rotatable bonds is 4. The molecule has 0 radical (unpaired) electrons. The summed E-state index contributed by atoms with van der Waals surface area (Å²) in [4.78, 5) is 2.34. The van der Waals surface area contributed by atoms with Crippen molar-refractivity contribution in [1.82, 2.24) is 4.57 Å². The third kappa shape index (κ3) is 4.22. The minimum Gasteiger partial charge on any atom is -0.458 e. The number of fused-ring (bicyclic) bond motifs is 9. The zero-order valence-electron chi connectivity index (χ0n) is 27.5. The van der Waals surface area contributed by atoms with E-state index in [1.165, 1.54) is 10.8 Å². The van der Waals surface area contributed by atoms with Crippen molar-refractivity contribution in [2.24, 2.45) is 0 Å². The normalized spacial score (nSPS) is 12.6. The van der Waals surface area contributed by atoms with E-state index < -0.39 is 0 Å². The molecule has 0 fully saturated rings. The molecule has 0 saturated carbocycles. The van der Waals surface area contributed by atoms with Gasteiger partial charge in [-0.15, -0.1) is 0 Å². The summed E-state index contributed by atoms with van der Waals surface area (Å²) in [6, 6.07) is 62.3. The van der Waals surface area contributed by atoms with Crippen molar-refractivity contribution in [3.8, 4) is 28.7 Å². The van der Waals surface area contributed by atoms with Gasteiger partial charge in [-0.25, -0.2) is 0 Å². The summed E-state index contributed by atoms with van der Waals surface area (Å²) in [6.45, 7) is -0.00595. The van der Waals surface area contributed by atoms with E-state index in [4.69, 9.17) is 9.47 Å². The maximum Gasteiger partial charge on any atom is 0.260 e. The monoisotopic (exact) mass is 652 g/mol. The summed E-state index contributed by atoms with van der Waals surface area (Å²) in [7, 11) is 0. The second-order valence-corrected chi connectivity index (χ2v) is 13.3. The van der Waals surface area contributed by atoms with Gasteiger partial charge in [-0.2, -0.15) is 0 Å². The zero-order valence-corrected chi connectivity index (χ0v) is 27.5. The van der Waals surface area contributed by atoms with Gasteiger partial charge < -0.3 is 18.9 Å². The average molecular weight is 653 g/mol. The van der Waals surface area contributed by atoms with Crippen LogP contribution in [0.2, 0.25) is 0 Å². The Balaban J connectivity index is 1.22. The molecular formula is C46H29BN2O2. The van der Waals surface area contributed by atoms with E-state index in [0.717, 1.165) is 83.9 Å². The maximum absolute atomic E-state index is 6.99. The Morgan fingerprint density at radius 3 is 1.86 bits per heavy atom. The lowest BCUT2D eigenvalue weighted by Crippen LogP contribution is -2.57. The van der Waals surface area contributed by atoms with Gasteiger partial charge in [0.15, 0.2) is 5.75 Å². The summed E-state index contributed by atoms with van der Waals surface area (Å²) >= 11 is 0. The number of hydrogen-bond donors (Lipinski definition) is 0. The fourth-order valence-corrected chi connectivity index (χ4v) is 8.24. The first kappa shape index (κ1) is 28.2. The van der Waals surface area contributed by atoms with Crippen LogP contribution in [0.25, 0.3) is 38.3 Å². The second-order valence-electron chi connectivity index (χ2n) is 13.3. The number of benzene rings is 8. The molecule has 0 aliphatic carbocycles. The Kier molecular flexibility index (Phi) is 6.01. The minimum absolute atomic E-state index is 0.00595. The molecule has 238 valence electrons. The van der Waals surface area contributed by atoms with Crippen molar-refractivity contribution in [2.45, 2.75) is 0 Å². The molecular weight excluding hydrogens is 623 g/mol. The third-order valence-electron chi connectivity index (χ3n) is 10.5. The number of para-hydroxylation sites is 4. The highest BCUT2D eigenvalue weighted by molar-refractivity contribution is 6.98. The van der Waals surface area contributed by atoms with Crippen LogP contribution in [0.15, 0.2) is 176 Å². The minimum atomic E-state index is -0.00595. The van der Waals surface area contributed by atoms with Crippen LogP contribution >= 0.6 is 0 Å². The molecule has 0 saturated heterocycles. The van der Waals surface area contributed by atoms with Gasteiger partial charge in [0.05, 0.1) is 11.0 Å². The van der Waals surface area contributed by atoms with Gasteiger partial charge in [-0.05, 0) is 88.4 Å². The smallest absolute Gasteiger partial charge is 0.260 e. The molecule has 4 nitrogen and oxygen atoms in total. The molecule has 0 bridgehead atoms. The van der Waals surface area contributed by atoms with Gasteiger partial charge in [0, 0.05) is 39.0 Å². The summed E-state index contributed by atoms with van der Waals surface area (Å²) in [5.74, 6) is 3.45. The highest BCUT2D eigenvalue weighted by Gasteiger charge is 2.42. The Morgan fingerprint density at radius 1 is 0.451 bits per heavy atom. The number of aromatic nitrogens is 1. The Bertz CT molecular complexity index is 2820. The van der Waals surface area contributed by atoms with Gasteiger partial charge in [0.2, 0.25) is 0 Å². The van der Waals surface area contributed by atoms with Crippen LogP contribution in [0.1, 0.15) is 0 Å². The predicted octanol–water partition coefficient (Wildman–Crippen LogP) is 10.1. The Labute approximate surface area is 295 Å². The first-order valence-electron chi connectivity index (χ1n) is 17.4. The molecule has 0 atom stereocenters. The van der Waals surface area contributed by atoms with Crippen LogP contribution in [-0.4, -0.2) is 11.3 Å². The van der Waals surface area contributed by atoms with Crippen LogP contribution in [0.4, 0.5) is 17.1 Å². The fourth-order valence-electron chi connectivity index (χ4n) is 8.24. The van der Waals surface area contributed by atoms with Crippen molar-refractivity contribution in [2.75, 3.05) is 4.90 Å². The topological polar surface area (TPSA) is 26.6 Å². The Hall–Kier alpha value is -6.72. The van der Waals surface area contributed by atoms with Crippen LogP contribution < -0.4 is 30.8 Å². The van der Waals surface area contributed by atoms with Crippen molar-refractivity contribution in [3.05, 3.63) is 176 Å². The SMILES string of the molecule is c1ccc(N(c2ccc3ccccc3c2)c2ccc3c4cc5c6c(c4n(-c4ccccc4)c3c2)Oc2ccccc2B6c2ccccc2O5)cc1. The van der Waals surface area contributed by atoms with Gasteiger partial charge in [0.1, 0.15) is 17.2 Å². The molecule has 11 rings (SSSR count). The summed E-state index contributed by atoms with van der Waals surface area (Å²) in [6.07, 6.45) is 0. The summed E-state index contributed by atoms with van der Waals surface area (Å²) < 4.78 is 16.1. The van der Waals surface area contributed by atoms with Gasteiger partial charge >= 0.3 is 0 Å². The van der Waals surface area contributed by atoms with E-state index in [0.29, 0.717) is 0 Å². The van der Waals surface area contributed by atoms with Crippen LogP contribution in [-0.2, 0) is 0 Å². The van der Waals surface area contributed by atoms with E-state index in [9.17, 15) is 0 Å². The molecule has 9 aromatic rings. The summed E-state index contributed by atoms with van der Waals surface area (Å²) in [5.41, 5.74) is 9.82. The van der Waals surface area contributed by atoms with E-state index in [-0.39, 0.29) is 6.71 Å². The number of anilines is 3. The molecule has 51 heavy (non-hydrogen) atoms. The largest absolute Gasteiger partial charge is 0.458 e. The first-order chi connectivity index (χ1) is 25.3. The first-order valence-corrected chi connectivity index (χ1v) is 17.4. The lowest BCUT2D eigenvalue weighted by Gasteiger charge is -2.33.